The summed E-state index contributed by atoms with van der Waals surface area (Å²) in [5, 5.41) is 5.47. The Morgan fingerprint density at radius 2 is 2.00 bits per heavy atom. The number of para-hydroxylation sites is 1. The van der Waals surface area contributed by atoms with Gasteiger partial charge >= 0.3 is 5.97 Å². The Kier molecular flexibility index (Phi) is 8.58. The molecule has 2 atom stereocenters. The number of nitrogens with one attached hydrogen (secondary N) is 2. The topological polar surface area (TPSA) is 97.0 Å². The average molecular weight is 436 g/mol. The Hall–Kier alpha value is -2.68. The normalized spacial score (nSPS) is 17.2. The maximum atomic E-state index is 12.8. The summed E-state index contributed by atoms with van der Waals surface area (Å²) in [5.41, 5.74) is 0.336. The van der Waals surface area contributed by atoms with Crippen molar-refractivity contribution in [1.82, 2.24) is 15.5 Å². The van der Waals surface area contributed by atoms with Gasteiger partial charge in [0.1, 0.15) is 11.8 Å². The van der Waals surface area contributed by atoms with Gasteiger partial charge in [0.25, 0.3) is 5.91 Å². The summed E-state index contributed by atoms with van der Waals surface area (Å²) in [6.45, 7) is 8.17. The van der Waals surface area contributed by atoms with Crippen LogP contribution in [0.2, 0.25) is 0 Å². The zero-order valence-electron chi connectivity index (χ0n) is 17.8. The van der Waals surface area contributed by atoms with Gasteiger partial charge in [0.15, 0.2) is 5.11 Å². The lowest BCUT2D eigenvalue weighted by molar-refractivity contribution is -0.151. The molecule has 0 aromatic heterocycles. The van der Waals surface area contributed by atoms with Crippen LogP contribution < -0.4 is 15.4 Å². The summed E-state index contributed by atoms with van der Waals surface area (Å²) in [6, 6.07) is 6.01. The van der Waals surface area contributed by atoms with Crippen LogP contribution in [0.5, 0.6) is 5.75 Å². The molecule has 0 aliphatic carbocycles. The predicted octanol–water partition coefficient (Wildman–Crippen LogP) is 2.02. The zero-order valence-corrected chi connectivity index (χ0v) is 18.6. The third-order valence-corrected chi connectivity index (χ3v) is 4.91. The molecular weight excluding hydrogens is 406 g/mol. The highest BCUT2D eigenvalue weighted by molar-refractivity contribution is 7.80. The van der Waals surface area contributed by atoms with E-state index >= 15 is 0 Å². The fraction of sp³-hybridized carbons (Fsp3) is 0.524. The summed E-state index contributed by atoms with van der Waals surface area (Å²) >= 11 is 5.40. The number of piperazine rings is 1. The number of benzene rings is 1. The first-order valence-electron chi connectivity index (χ1n) is 10.1. The lowest BCUT2D eigenvalue weighted by Crippen LogP contribution is -2.60. The van der Waals surface area contributed by atoms with Crippen LogP contribution in [-0.2, 0) is 14.3 Å². The predicted molar refractivity (Wildman–Crippen MR) is 116 cm³/mol. The summed E-state index contributed by atoms with van der Waals surface area (Å²) in [5.74, 6) is -0.815. The molecule has 2 rings (SSSR count). The third kappa shape index (κ3) is 6.41. The zero-order chi connectivity index (χ0) is 22.3. The quantitative estimate of drug-likeness (QED) is 0.500. The SMILES string of the molecule is CCC(C)OC(=O)CC1C(=O)NCCN1C(=S)NC(=O)c1ccccc1OC(C)C. The fourth-order valence-electron chi connectivity index (χ4n) is 2.92. The summed E-state index contributed by atoms with van der Waals surface area (Å²) in [7, 11) is 0. The van der Waals surface area contributed by atoms with E-state index in [4.69, 9.17) is 21.7 Å². The van der Waals surface area contributed by atoms with Gasteiger partial charge in [-0.3, -0.25) is 19.7 Å². The van der Waals surface area contributed by atoms with Gasteiger partial charge in [-0.25, -0.2) is 0 Å². The minimum atomic E-state index is -0.842. The van der Waals surface area contributed by atoms with E-state index in [1.54, 1.807) is 36.1 Å². The molecule has 30 heavy (non-hydrogen) atoms. The molecule has 1 saturated heterocycles. The van der Waals surface area contributed by atoms with E-state index in [-0.39, 0.29) is 29.6 Å². The van der Waals surface area contributed by atoms with E-state index < -0.39 is 17.9 Å². The molecular formula is C21H29N3O5S. The maximum absolute atomic E-state index is 12.8. The molecule has 9 heteroatoms. The smallest absolute Gasteiger partial charge is 0.308 e. The van der Waals surface area contributed by atoms with Crippen LogP contribution in [-0.4, -0.2) is 59.1 Å². The van der Waals surface area contributed by atoms with Crippen molar-refractivity contribution in [3.63, 3.8) is 0 Å². The average Bonchev–Trinajstić information content (AvgIpc) is 2.69. The number of rotatable bonds is 7. The summed E-state index contributed by atoms with van der Waals surface area (Å²) in [4.78, 5) is 38.9. The molecule has 0 radical (unpaired) electrons. The Bertz CT molecular complexity index is 799. The third-order valence-electron chi connectivity index (χ3n) is 4.57. The summed E-state index contributed by atoms with van der Waals surface area (Å²) in [6.07, 6.45) is 0.192. The van der Waals surface area contributed by atoms with Crippen LogP contribution in [0.15, 0.2) is 24.3 Å². The van der Waals surface area contributed by atoms with Crippen LogP contribution in [0.3, 0.4) is 0 Å². The molecule has 1 heterocycles. The highest BCUT2D eigenvalue weighted by Gasteiger charge is 2.34. The van der Waals surface area contributed by atoms with E-state index in [0.717, 1.165) is 0 Å². The van der Waals surface area contributed by atoms with Crippen molar-refractivity contribution in [3.05, 3.63) is 29.8 Å². The van der Waals surface area contributed by atoms with Gasteiger partial charge in [0.05, 0.1) is 24.2 Å². The summed E-state index contributed by atoms with van der Waals surface area (Å²) < 4.78 is 11.0. The monoisotopic (exact) mass is 435 g/mol. The Morgan fingerprint density at radius 1 is 1.30 bits per heavy atom. The Morgan fingerprint density at radius 3 is 2.67 bits per heavy atom. The van der Waals surface area contributed by atoms with E-state index in [1.165, 1.54) is 0 Å². The number of hydrogen-bond acceptors (Lipinski definition) is 6. The molecule has 0 bridgehead atoms. The van der Waals surface area contributed by atoms with Crippen LogP contribution in [0.4, 0.5) is 0 Å². The van der Waals surface area contributed by atoms with Gasteiger partial charge < -0.3 is 19.7 Å². The molecule has 1 aromatic rings. The van der Waals surface area contributed by atoms with Gasteiger partial charge in [-0.1, -0.05) is 19.1 Å². The number of esters is 1. The molecule has 0 spiro atoms. The van der Waals surface area contributed by atoms with Crippen LogP contribution in [0, 0.1) is 0 Å². The molecule has 8 nitrogen and oxygen atoms in total. The van der Waals surface area contributed by atoms with Crippen molar-refractivity contribution in [2.24, 2.45) is 0 Å². The molecule has 164 valence electrons. The number of nitrogens with zero attached hydrogens (tertiary/aromatic N) is 1. The van der Waals surface area contributed by atoms with Crippen LogP contribution >= 0.6 is 12.2 Å². The second kappa shape index (κ2) is 10.9. The second-order valence-electron chi connectivity index (χ2n) is 7.34. The molecule has 1 aromatic carbocycles. The number of hydrogen-bond donors (Lipinski definition) is 2. The first-order valence-corrected chi connectivity index (χ1v) is 10.5. The molecule has 1 fully saturated rings. The van der Waals surface area contributed by atoms with Crippen molar-refractivity contribution in [2.75, 3.05) is 13.1 Å². The molecule has 1 aliphatic heterocycles. The van der Waals surface area contributed by atoms with Crippen LogP contribution in [0.1, 0.15) is 50.9 Å². The van der Waals surface area contributed by atoms with Gasteiger partial charge in [-0.2, -0.15) is 0 Å². The first kappa shape index (κ1) is 23.6. The molecule has 2 amide bonds. The Balaban J connectivity index is 2.11. The van der Waals surface area contributed by atoms with Crippen LogP contribution in [0.25, 0.3) is 0 Å². The fourth-order valence-corrected chi connectivity index (χ4v) is 3.23. The lowest BCUT2D eigenvalue weighted by atomic mass is 10.1. The van der Waals surface area contributed by atoms with Crippen molar-refractivity contribution < 1.29 is 23.9 Å². The largest absolute Gasteiger partial charge is 0.490 e. The second-order valence-corrected chi connectivity index (χ2v) is 7.72. The molecule has 2 unspecified atom stereocenters. The standard InChI is InChI=1S/C21H29N3O5S/c1-5-14(4)29-18(25)12-16-20(27)22-10-11-24(16)21(30)23-19(26)15-8-6-7-9-17(15)28-13(2)3/h6-9,13-14,16H,5,10-12H2,1-4H3,(H,22,27)(H,23,26,30). The number of carbonyl (C=O) groups is 3. The molecule has 2 N–H and O–H groups in total. The minimum Gasteiger partial charge on any atom is -0.490 e. The van der Waals surface area contributed by atoms with Gasteiger partial charge in [0.2, 0.25) is 5.91 Å². The highest BCUT2D eigenvalue weighted by atomic mass is 32.1. The number of ether oxygens (including phenoxy) is 2. The molecule has 0 saturated carbocycles. The van der Waals surface area contributed by atoms with Gasteiger partial charge in [-0.15, -0.1) is 0 Å². The van der Waals surface area contributed by atoms with E-state index in [2.05, 4.69) is 10.6 Å². The van der Waals surface area contributed by atoms with Gasteiger partial charge in [0, 0.05) is 13.1 Å². The maximum Gasteiger partial charge on any atom is 0.308 e. The highest BCUT2D eigenvalue weighted by Crippen LogP contribution is 2.20. The van der Waals surface area contributed by atoms with Crippen molar-refractivity contribution in [3.8, 4) is 5.75 Å². The number of amides is 2. The minimum absolute atomic E-state index is 0.0792. The van der Waals surface area contributed by atoms with Crippen molar-refractivity contribution in [2.45, 2.75) is 58.8 Å². The molecule has 1 aliphatic rings. The first-order chi connectivity index (χ1) is 14.2. The number of thiocarbonyl (C=S) groups is 1. The van der Waals surface area contributed by atoms with E-state index in [9.17, 15) is 14.4 Å². The van der Waals surface area contributed by atoms with Crippen molar-refractivity contribution >= 4 is 35.1 Å². The van der Waals surface area contributed by atoms with E-state index in [1.807, 2.05) is 20.8 Å². The van der Waals surface area contributed by atoms with E-state index in [0.29, 0.717) is 30.8 Å². The lowest BCUT2D eigenvalue weighted by Gasteiger charge is -2.36. The number of carbonyl (C=O) groups excluding carboxylic acids is 3. The Labute approximate surface area is 182 Å². The van der Waals surface area contributed by atoms with Gasteiger partial charge in [-0.05, 0) is 51.5 Å². The van der Waals surface area contributed by atoms with Crippen molar-refractivity contribution in [1.29, 1.82) is 0 Å².